The van der Waals surface area contributed by atoms with Gasteiger partial charge in [0.2, 0.25) is 5.91 Å². The Morgan fingerprint density at radius 1 is 1.00 bits per heavy atom. The van der Waals surface area contributed by atoms with Gasteiger partial charge in [-0.15, -0.1) is 0 Å². The van der Waals surface area contributed by atoms with Gasteiger partial charge in [-0.05, 0) is 32.1 Å². The molecular formula is C28H47NO6. The van der Waals surface area contributed by atoms with Crippen LogP contribution in [0.25, 0.3) is 0 Å². The third kappa shape index (κ3) is 5.50. The summed E-state index contributed by atoms with van der Waals surface area (Å²) in [4.78, 5) is 53.2. The number of ketones is 2. The van der Waals surface area contributed by atoms with E-state index in [1.807, 2.05) is 41.5 Å². The predicted molar refractivity (Wildman–Crippen MR) is 134 cm³/mol. The highest BCUT2D eigenvalue weighted by molar-refractivity contribution is 6.00. The standard InChI is InChI=1S/C28H47NO6/c1-12-19-27(9)14-20(30)29-24(27)17(4)21(31)15(2)13-28(10,34-11)23(26(6,7)8)16(3)22(32)18(5)25(33)35-19/h15-19,23-24H,12-14H2,1-11H3,(H,29,30)/t15-,16+,17+,18-,19-,23?,24-,27-,28-/m1/s1. The maximum atomic E-state index is 13.7. The molecule has 200 valence electrons. The van der Waals surface area contributed by atoms with E-state index < -0.39 is 46.9 Å². The number of hydrogen-bond donors (Lipinski definition) is 1. The number of cyclic esters (lactones) is 1. The maximum absolute atomic E-state index is 13.7. The highest BCUT2D eigenvalue weighted by Crippen LogP contribution is 2.47. The number of fused-ring (bicyclic) bond motifs is 1. The fraction of sp³-hybridized carbons (Fsp3) is 0.857. The Morgan fingerprint density at radius 3 is 2.06 bits per heavy atom. The van der Waals surface area contributed by atoms with E-state index in [2.05, 4.69) is 26.1 Å². The third-order valence-corrected chi connectivity index (χ3v) is 8.87. The van der Waals surface area contributed by atoms with Gasteiger partial charge in [0.05, 0.1) is 5.60 Å². The molecule has 9 atom stereocenters. The first kappa shape index (κ1) is 29.5. The molecule has 0 radical (unpaired) electrons. The number of carbonyl (C=O) groups excluding carboxylic acids is 4. The van der Waals surface area contributed by atoms with Crippen molar-refractivity contribution in [1.82, 2.24) is 5.32 Å². The highest BCUT2D eigenvalue weighted by atomic mass is 16.5. The molecule has 7 nitrogen and oxygen atoms in total. The van der Waals surface area contributed by atoms with E-state index in [9.17, 15) is 19.2 Å². The molecule has 2 fully saturated rings. The van der Waals surface area contributed by atoms with Gasteiger partial charge in [0.1, 0.15) is 23.6 Å². The third-order valence-electron chi connectivity index (χ3n) is 8.87. The summed E-state index contributed by atoms with van der Waals surface area (Å²) < 4.78 is 12.0. The summed E-state index contributed by atoms with van der Waals surface area (Å²) in [6.45, 7) is 19.2. The van der Waals surface area contributed by atoms with Crippen molar-refractivity contribution in [1.29, 1.82) is 0 Å². The molecule has 2 heterocycles. The van der Waals surface area contributed by atoms with Crippen LogP contribution in [0.15, 0.2) is 0 Å². The van der Waals surface area contributed by atoms with Crippen LogP contribution in [0.5, 0.6) is 0 Å². The molecule has 0 aromatic carbocycles. The number of Topliss-reactive ketones (excluding diaryl/α,β-unsaturated/α-hetero) is 2. The molecule has 2 aliphatic rings. The lowest BCUT2D eigenvalue weighted by atomic mass is 9.61. The second-order valence-corrected chi connectivity index (χ2v) is 12.6. The molecular weight excluding hydrogens is 446 g/mol. The molecule has 2 saturated heterocycles. The SMILES string of the molecule is CC[C@H]1OC(=O)[C@H](C)C(=O)[C@H](C)C(C(C)(C)C)[C@](C)(OC)C[C@@H](C)C(=O)[C@H](C)[C@H]2NC(=O)C[C@@]21C. The number of carbonyl (C=O) groups is 4. The van der Waals surface area contributed by atoms with Crippen molar-refractivity contribution in [3.63, 3.8) is 0 Å². The topological polar surface area (TPSA) is 98.8 Å². The molecule has 1 unspecified atom stereocenters. The lowest BCUT2D eigenvalue weighted by Gasteiger charge is -2.48. The average Bonchev–Trinajstić information content (AvgIpc) is 3.08. The van der Waals surface area contributed by atoms with Crippen molar-refractivity contribution in [2.75, 3.05) is 7.11 Å². The number of esters is 1. The Balaban J connectivity index is 2.67. The molecule has 35 heavy (non-hydrogen) atoms. The van der Waals surface area contributed by atoms with E-state index in [1.54, 1.807) is 14.0 Å². The Kier molecular flexibility index (Phi) is 8.68. The summed E-state index contributed by atoms with van der Waals surface area (Å²) in [5, 5.41) is 3.00. The van der Waals surface area contributed by atoms with Gasteiger partial charge in [-0.3, -0.25) is 19.2 Å². The molecule has 1 amide bonds. The first-order chi connectivity index (χ1) is 15.9. The van der Waals surface area contributed by atoms with Gasteiger partial charge in [-0.2, -0.15) is 0 Å². The summed E-state index contributed by atoms with van der Waals surface area (Å²) in [7, 11) is 1.62. The first-order valence-corrected chi connectivity index (χ1v) is 13.1. The van der Waals surface area contributed by atoms with E-state index in [0.717, 1.165) is 0 Å². The van der Waals surface area contributed by atoms with E-state index in [-0.39, 0.29) is 41.1 Å². The lowest BCUT2D eigenvalue weighted by Crippen LogP contribution is -2.54. The molecule has 0 aliphatic carbocycles. The largest absolute Gasteiger partial charge is 0.461 e. The molecule has 7 heteroatoms. The van der Waals surface area contributed by atoms with Crippen LogP contribution < -0.4 is 5.32 Å². The van der Waals surface area contributed by atoms with Crippen LogP contribution in [0.2, 0.25) is 0 Å². The molecule has 1 N–H and O–H groups in total. The quantitative estimate of drug-likeness (QED) is 0.453. The van der Waals surface area contributed by atoms with E-state index in [1.165, 1.54) is 0 Å². The molecule has 2 rings (SSSR count). The molecule has 0 aromatic heterocycles. The van der Waals surface area contributed by atoms with Crippen molar-refractivity contribution >= 4 is 23.4 Å². The number of nitrogens with one attached hydrogen (secondary N) is 1. The van der Waals surface area contributed by atoms with Gasteiger partial charge in [0, 0.05) is 48.7 Å². The molecule has 2 aliphatic heterocycles. The van der Waals surface area contributed by atoms with Crippen molar-refractivity contribution in [2.24, 2.45) is 40.4 Å². The van der Waals surface area contributed by atoms with Gasteiger partial charge in [-0.25, -0.2) is 0 Å². The van der Waals surface area contributed by atoms with Crippen LogP contribution in [-0.4, -0.2) is 48.3 Å². The van der Waals surface area contributed by atoms with Gasteiger partial charge in [-0.1, -0.05) is 55.4 Å². The molecule has 0 spiro atoms. The first-order valence-electron chi connectivity index (χ1n) is 13.1. The zero-order chi connectivity index (χ0) is 27.1. The summed E-state index contributed by atoms with van der Waals surface area (Å²) in [6, 6.07) is -0.470. The maximum Gasteiger partial charge on any atom is 0.316 e. The van der Waals surface area contributed by atoms with Crippen LogP contribution in [-0.2, 0) is 28.7 Å². The summed E-state index contributed by atoms with van der Waals surface area (Å²) in [5.74, 6) is -3.42. The molecule has 0 saturated carbocycles. The van der Waals surface area contributed by atoms with Crippen molar-refractivity contribution < 1.29 is 28.7 Å². The van der Waals surface area contributed by atoms with Gasteiger partial charge in [0.25, 0.3) is 0 Å². The van der Waals surface area contributed by atoms with E-state index in [0.29, 0.717) is 12.8 Å². The van der Waals surface area contributed by atoms with Gasteiger partial charge in [0.15, 0.2) is 0 Å². The number of hydrogen-bond acceptors (Lipinski definition) is 6. The van der Waals surface area contributed by atoms with Gasteiger partial charge < -0.3 is 14.8 Å². The normalized spacial score (nSPS) is 42.2. The van der Waals surface area contributed by atoms with Crippen LogP contribution in [0.3, 0.4) is 0 Å². The Morgan fingerprint density at radius 2 is 1.57 bits per heavy atom. The van der Waals surface area contributed by atoms with E-state index >= 15 is 0 Å². The zero-order valence-corrected chi connectivity index (χ0v) is 23.6. The molecule has 0 bridgehead atoms. The van der Waals surface area contributed by atoms with Crippen molar-refractivity contribution in [3.05, 3.63) is 0 Å². The number of rotatable bonds is 2. The zero-order valence-electron chi connectivity index (χ0n) is 23.6. The van der Waals surface area contributed by atoms with Crippen molar-refractivity contribution in [3.8, 4) is 0 Å². The smallest absolute Gasteiger partial charge is 0.316 e. The summed E-state index contributed by atoms with van der Waals surface area (Å²) >= 11 is 0. The van der Waals surface area contributed by atoms with Crippen LogP contribution in [0.1, 0.15) is 88.5 Å². The van der Waals surface area contributed by atoms with Crippen LogP contribution >= 0.6 is 0 Å². The van der Waals surface area contributed by atoms with Crippen molar-refractivity contribution in [2.45, 2.75) is 106 Å². The molecule has 0 aromatic rings. The van der Waals surface area contributed by atoms with Crippen LogP contribution in [0.4, 0.5) is 0 Å². The summed E-state index contributed by atoms with van der Waals surface area (Å²) in [5.41, 5.74) is -1.88. The number of amides is 1. The second-order valence-electron chi connectivity index (χ2n) is 12.6. The Hall–Kier alpha value is -1.76. The highest BCUT2D eigenvalue weighted by Gasteiger charge is 2.55. The van der Waals surface area contributed by atoms with E-state index in [4.69, 9.17) is 9.47 Å². The number of methoxy groups -OCH3 is 1. The van der Waals surface area contributed by atoms with Crippen LogP contribution in [0, 0.1) is 40.4 Å². The summed E-state index contributed by atoms with van der Waals surface area (Å²) in [6.07, 6.45) is 0.476. The predicted octanol–water partition coefficient (Wildman–Crippen LogP) is 4.36. The minimum absolute atomic E-state index is 0.0324. The monoisotopic (exact) mass is 493 g/mol. The fourth-order valence-electron chi connectivity index (χ4n) is 7.31. The Labute approximate surface area is 211 Å². The van der Waals surface area contributed by atoms with Gasteiger partial charge >= 0.3 is 5.97 Å². The lowest BCUT2D eigenvalue weighted by molar-refractivity contribution is -0.168. The fourth-order valence-corrected chi connectivity index (χ4v) is 7.31. The second kappa shape index (κ2) is 10.3. The number of ether oxygens (including phenoxy) is 2. The minimum atomic E-state index is -0.948. The average molecular weight is 494 g/mol. The minimum Gasteiger partial charge on any atom is -0.461 e. The Bertz CT molecular complexity index is 847.